The molecule has 1 aliphatic rings. The lowest BCUT2D eigenvalue weighted by Crippen LogP contribution is -2.15. The second-order valence-electron chi connectivity index (χ2n) is 16.1. The van der Waals surface area contributed by atoms with Crippen LogP contribution in [-0.4, -0.2) is 9.97 Å². The molecule has 59 heavy (non-hydrogen) atoms. The number of nitrogens with zero attached hydrogens (tertiary/aromatic N) is 2. The highest BCUT2D eigenvalue weighted by Crippen LogP contribution is 2.52. The normalized spacial score (nSPS) is 12.7. The summed E-state index contributed by atoms with van der Waals surface area (Å²) < 4.78 is 0. The van der Waals surface area contributed by atoms with Crippen molar-refractivity contribution in [1.82, 2.24) is 9.97 Å². The van der Waals surface area contributed by atoms with Gasteiger partial charge in [0.15, 0.2) is 5.82 Å². The first kappa shape index (κ1) is 34.8. The summed E-state index contributed by atoms with van der Waals surface area (Å²) in [5, 5.41) is 4.91. The van der Waals surface area contributed by atoms with Crippen LogP contribution in [0.5, 0.6) is 0 Å². The first-order chi connectivity index (χ1) is 29.0. The molecule has 0 atom stereocenters. The smallest absolute Gasteiger partial charge is 0.161 e. The molecule has 1 heterocycles. The highest BCUT2D eigenvalue weighted by molar-refractivity contribution is 6.06. The van der Waals surface area contributed by atoms with E-state index in [9.17, 15) is 0 Å². The van der Waals surface area contributed by atoms with Gasteiger partial charge in [-0.2, -0.15) is 0 Å². The standard InChI is InChI=1S/C57H40N2/c1-57(2)51-34-30-41-15-9-10-18-46(41)55(51)50-31-29-44(35-52(50)57)45-32-33-49(48-20-12-11-19-47(45)48)56-58-53(42-16-7-4-8-17-42)36-54(59-56)43-27-25-40(26-28-43)39-23-21-38(22-24-39)37-13-5-3-6-14-37/h3-36H,1-2H3. The van der Waals surface area contributed by atoms with Gasteiger partial charge in [-0.25, -0.2) is 9.97 Å². The zero-order chi connectivity index (χ0) is 39.5. The van der Waals surface area contributed by atoms with Crippen LogP contribution in [0.2, 0.25) is 0 Å². The van der Waals surface area contributed by atoms with Gasteiger partial charge in [-0.3, -0.25) is 0 Å². The summed E-state index contributed by atoms with van der Waals surface area (Å²) in [5.41, 5.74) is 17.4. The van der Waals surface area contributed by atoms with E-state index in [1.807, 2.05) is 6.07 Å². The largest absolute Gasteiger partial charge is 0.228 e. The van der Waals surface area contributed by atoms with E-state index in [2.05, 4.69) is 214 Å². The first-order valence-electron chi connectivity index (χ1n) is 20.4. The molecule has 0 amide bonds. The molecule has 0 spiro atoms. The van der Waals surface area contributed by atoms with E-state index in [0.717, 1.165) is 33.5 Å². The van der Waals surface area contributed by atoms with Gasteiger partial charge in [0.1, 0.15) is 0 Å². The maximum Gasteiger partial charge on any atom is 0.161 e. The van der Waals surface area contributed by atoms with Crippen LogP contribution in [0.4, 0.5) is 0 Å². The second kappa shape index (κ2) is 13.9. The van der Waals surface area contributed by atoms with E-state index in [1.165, 1.54) is 71.8 Å². The predicted octanol–water partition coefficient (Wildman–Crippen LogP) is 15.1. The molecule has 0 N–H and O–H groups in total. The molecule has 0 bridgehead atoms. The fourth-order valence-electron chi connectivity index (χ4n) is 9.21. The Hall–Kier alpha value is -7.42. The van der Waals surface area contributed by atoms with Crippen molar-refractivity contribution in [3.05, 3.63) is 217 Å². The predicted molar refractivity (Wildman–Crippen MR) is 247 cm³/mol. The Morgan fingerprint density at radius 2 is 0.780 bits per heavy atom. The summed E-state index contributed by atoms with van der Waals surface area (Å²) in [7, 11) is 0. The van der Waals surface area contributed by atoms with Gasteiger partial charge in [0.2, 0.25) is 0 Å². The van der Waals surface area contributed by atoms with Gasteiger partial charge in [-0.1, -0.05) is 202 Å². The van der Waals surface area contributed by atoms with E-state index in [0.29, 0.717) is 5.82 Å². The number of fused-ring (bicyclic) bond motifs is 6. The summed E-state index contributed by atoms with van der Waals surface area (Å²) in [6, 6.07) is 74.2. The summed E-state index contributed by atoms with van der Waals surface area (Å²) >= 11 is 0. The van der Waals surface area contributed by atoms with Crippen molar-refractivity contribution in [2.24, 2.45) is 0 Å². The van der Waals surface area contributed by atoms with Crippen molar-refractivity contribution >= 4 is 21.5 Å². The molecule has 2 nitrogen and oxygen atoms in total. The molecule has 0 saturated heterocycles. The maximum atomic E-state index is 5.30. The van der Waals surface area contributed by atoms with Crippen molar-refractivity contribution in [1.29, 1.82) is 0 Å². The molecule has 10 aromatic rings. The topological polar surface area (TPSA) is 25.8 Å². The van der Waals surface area contributed by atoms with E-state index in [-0.39, 0.29) is 5.41 Å². The van der Waals surface area contributed by atoms with Crippen LogP contribution in [0.25, 0.3) is 100.0 Å². The van der Waals surface area contributed by atoms with Crippen LogP contribution in [0.15, 0.2) is 206 Å². The summed E-state index contributed by atoms with van der Waals surface area (Å²) in [6.45, 7) is 4.73. The minimum atomic E-state index is -0.117. The average Bonchev–Trinajstić information content (AvgIpc) is 3.54. The molecule has 0 radical (unpaired) electrons. The number of benzene rings is 9. The Morgan fingerprint density at radius 1 is 0.322 bits per heavy atom. The van der Waals surface area contributed by atoms with Crippen LogP contribution >= 0.6 is 0 Å². The van der Waals surface area contributed by atoms with Crippen LogP contribution in [0, 0.1) is 0 Å². The Morgan fingerprint density at radius 3 is 1.42 bits per heavy atom. The lowest BCUT2D eigenvalue weighted by molar-refractivity contribution is 0.661. The molecule has 0 saturated carbocycles. The van der Waals surface area contributed by atoms with Gasteiger partial charge >= 0.3 is 0 Å². The maximum absolute atomic E-state index is 5.30. The summed E-state index contributed by atoms with van der Waals surface area (Å²) in [4.78, 5) is 10.6. The Bertz CT molecular complexity index is 3200. The van der Waals surface area contributed by atoms with Gasteiger partial charge in [-0.15, -0.1) is 0 Å². The molecule has 1 aromatic heterocycles. The molecule has 11 rings (SSSR count). The molecule has 278 valence electrons. The van der Waals surface area contributed by atoms with Crippen molar-refractivity contribution in [3.8, 4) is 78.4 Å². The van der Waals surface area contributed by atoms with Crippen LogP contribution in [0.1, 0.15) is 25.0 Å². The zero-order valence-corrected chi connectivity index (χ0v) is 33.0. The lowest BCUT2D eigenvalue weighted by atomic mass is 9.81. The van der Waals surface area contributed by atoms with E-state index >= 15 is 0 Å². The Balaban J connectivity index is 0.991. The number of aromatic nitrogens is 2. The van der Waals surface area contributed by atoms with Gasteiger partial charge in [0.25, 0.3) is 0 Å². The molecule has 0 fully saturated rings. The van der Waals surface area contributed by atoms with Gasteiger partial charge < -0.3 is 0 Å². The second-order valence-corrected chi connectivity index (χ2v) is 16.1. The molecule has 2 heteroatoms. The minimum Gasteiger partial charge on any atom is -0.228 e. The third kappa shape index (κ3) is 5.96. The molecule has 0 unspecified atom stereocenters. The van der Waals surface area contributed by atoms with Gasteiger partial charge in [0.05, 0.1) is 11.4 Å². The summed E-state index contributed by atoms with van der Waals surface area (Å²) in [6.07, 6.45) is 0. The monoisotopic (exact) mass is 752 g/mol. The average molecular weight is 753 g/mol. The SMILES string of the molecule is CC1(C)c2cc(-c3ccc(-c4nc(-c5ccccc5)cc(-c5ccc(-c6ccc(-c7ccccc7)cc6)cc5)n4)c4ccccc34)ccc2-c2c1ccc1ccccc21. The molecule has 0 aliphatic heterocycles. The molecule has 1 aliphatic carbocycles. The van der Waals surface area contributed by atoms with Crippen LogP contribution < -0.4 is 0 Å². The Labute approximate surface area is 345 Å². The molecular formula is C57H40N2. The quantitative estimate of drug-likeness (QED) is 0.169. The number of hydrogen-bond donors (Lipinski definition) is 0. The van der Waals surface area contributed by atoms with E-state index in [1.54, 1.807) is 0 Å². The van der Waals surface area contributed by atoms with Crippen molar-refractivity contribution in [3.63, 3.8) is 0 Å². The lowest BCUT2D eigenvalue weighted by Gasteiger charge is -2.22. The summed E-state index contributed by atoms with van der Waals surface area (Å²) in [5.74, 6) is 0.710. The highest BCUT2D eigenvalue weighted by atomic mass is 14.9. The van der Waals surface area contributed by atoms with E-state index < -0.39 is 0 Å². The van der Waals surface area contributed by atoms with Gasteiger partial charge in [0, 0.05) is 22.1 Å². The van der Waals surface area contributed by atoms with Gasteiger partial charge in [-0.05, 0) is 95.4 Å². The fourth-order valence-corrected chi connectivity index (χ4v) is 9.21. The zero-order valence-electron chi connectivity index (χ0n) is 33.0. The fraction of sp³-hybridized carbons (Fsp3) is 0.0526. The third-order valence-electron chi connectivity index (χ3n) is 12.3. The Kier molecular flexibility index (Phi) is 8.20. The minimum absolute atomic E-state index is 0.117. The molecule has 9 aromatic carbocycles. The molecular weight excluding hydrogens is 713 g/mol. The third-order valence-corrected chi connectivity index (χ3v) is 12.3. The van der Waals surface area contributed by atoms with E-state index in [4.69, 9.17) is 9.97 Å². The highest BCUT2D eigenvalue weighted by Gasteiger charge is 2.36. The number of hydrogen-bond acceptors (Lipinski definition) is 2. The van der Waals surface area contributed by atoms with Crippen LogP contribution in [-0.2, 0) is 5.41 Å². The van der Waals surface area contributed by atoms with Crippen molar-refractivity contribution in [2.45, 2.75) is 19.3 Å². The van der Waals surface area contributed by atoms with Crippen molar-refractivity contribution < 1.29 is 0 Å². The van der Waals surface area contributed by atoms with Crippen molar-refractivity contribution in [2.75, 3.05) is 0 Å². The van der Waals surface area contributed by atoms with Crippen LogP contribution in [0.3, 0.4) is 0 Å². The first-order valence-corrected chi connectivity index (χ1v) is 20.4. The number of rotatable bonds is 6.